The van der Waals surface area contributed by atoms with Crippen molar-refractivity contribution in [3.63, 3.8) is 0 Å². The largest absolute Gasteiger partial charge is 0.496 e. The zero-order valence-electron chi connectivity index (χ0n) is 12.9. The Hall–Kier alpha value is -0.910. The average Bonchev–Trinajstić information content (AvgIpc) is 3.30. The smallest absolute Gasteiger partial charge is 0.123 e. The lowest BCUT2D eigenvalue weighted by molar-refractivity contribution is 0.200. The Morgan fingerprint density at radius 2 is 2.14 bits per heavy atom. The van der Waals surface area contributed by atoms with Gasteiger partial charge < -0.3 is 14.8 Å². The zero-order chi connectivity index (χ0) is 15.1. The van der Waals surface area contributed by atoms with Gasteiger partial charge in [0.15, 0.2) is 0 Å². The molecule has 1 aromatic rings. The Morgan fingerprint density at radius 3 is 2.81 bits per heavy atom. The van der Waals surface area contributed by atoms with E-state index in [9.17, 15) is 4.21 Å². The van der Waals surface area contributed by atoms with Crippen molar-refractivity contribution >= 4 is 10.8 Å². The molecule has 0 saturated heterocycles. The van der Waals surface area contributed by atoms with Gasteiger partial charge in [-0.05, 0) is 37.0 Å². The molecule has 0 spiro atoms. The van der Waals surface area contributed by atoms with E-state index >= 15 is 0 Å². The molecule has 0 amide bonds. The summed E-state index contributed by atoms with van der Waals surface area (Å²) < 4.78 is 22.5. The molecule has 21 heavy (non-hydrogen) atoms. The third-order valence-electron chi connectivity index (χ3n) is 3.55. The summed E-state index contributed by atoms with van der Waals surface area (Å²) in [4.78, 5) is 0. The van der Waals surface area contributed by atoms with Gasteiger partial charge in [-0.3, -0.25) is 4.21 Å². The fraction of sp³-hybridized carbons (Fsp3) is 0.625. The minimum atomic E-state index is -0.873. The quantitative estimate of drug-likeness (QED) is 0.673. The van der Waals surface area contributed by atoms with Crippen LogP contribution in [0.1, 0.15) is 30.4 Å². The van der Waals surface area contributed by atoms with Crippen LogP contribution in [0.3, 0.4) is 0 Å². The fourth-order valence-corrected chi connectivity index (χ4v) is 3.37. The molecule has 1 aromatic carbocycles. The topological polar surface area (TPSA) is 47.6 Å². The van der Waals surface area contributed by atoms with E-state index in [0.29, 0.717) is 24.2 Å². The van der Waals surface area contributed by atoms with Crippen molar-refractivity contribution in [3.8, 4) is 5.75 Å². The molecule has 1 N–H and O–H groups in total. The first-order valence-electron chi connectivity index (χ1n) is 7.46. The molecule has 1 fully saturated rings. The van der Waals surface area contributed by atoms with Gasteiger partial charge in [0, 0.05) is 48.4 Å². The number of ether oxygens (including phenoxy) is 2. The Morgan fingerprint density at radius 1 is 1.33 bits per heavy atom. The van der Waals surface area contributed by atoms with Crippen LogP contribution in [0, 0.1) is 0 Å². The van der Waals surface area contributed by atoms with Crippen LogP contribution in [0.25, 0.3) is 0 Å². The van der Waals surface area contributed by atoms with Gasteiger partial charge in [0.25, 0.3) is 0 Å². The molecule has 2 rings (SSSR count). The molecule has 1 unspecified atom stereocenters. The summed E-state index contributed by atoms with van der Waals surface area (Å²) in [6.45, 7) is 1.53. The first-order valence-corrected chi connectivity index (χ1v) is 8.95. The number of rotatable bonds is 10. The summed E-state index contributed by atoms with van der Waals surface area (Å²) in [5.41, 5.74) is 2.26. The molecule has 4 nitrogen and oxygen atoms in total. The van der Waals surface area contributed by atoms with E-state index in [1.807, 2.05) is 6.07 Å². The van der Waals surface area contributed by atoms with E-state index in [4.69, 9.17) is 9.47 Å². The predicted molar refractivity (Wildman–Crippen MR) is 86.1 cm³/mol. The van der Waals surface area contributed by atoms with E-state index in [2.05, 4.69) is 17.4 Å². The van der Waals surface area contributed by atoms with Crippen molar-refractivity contribution in [3.05, 3.63) is 29.3 Å². The molecule has 1 saturated carbocycles. The molecule has 1 aliphatic rings. The average molecular weight is 311 g/mol. The van der Waals surface area contributed by atoms with E-state index < -0.39 is 10.8 Å². The maximum Gasteiger partial charge on any atom is 0.123 e. The minimum absolute atomic E-state index is 0.546. The fourth-order valence-electron chi connectivity index (χ4n) is 2.21. The maximum atomic E-state index is 12.1. The molecule has 5 heteroatoms. The highest BCUT2D eigenvalue weighted by atomic mass is 32.2. The van der Waals surface area contributed by atoms with Crippen LogP contribution < -0.4 is 10.1 Å². The van der Waals surface area contributed by atoms with Gasteiger partial charge in [-0.1, -0.05) is 6.07 Å². The summed E-state index contributed by atoms with van der Waals surface area (Å²) in [7, 11) is 2.46. The van der Waals surface area contributed by atoms with Gasteiger partial charge in [0.1, 0.15) is 5.75 Å². The highest BCUT2D eigenvalue weighted by molar-refractivity contribution is 7.84. The molecule has 1 atom stereocenters. The monoisotopic (exact) mass is 311 g/mol. The van der Waals surface area contributed by atoms with Crippen molar-refractivity contribution in [2.24, 2.45) is 0 Å². The zero-order valence-corrected chi connectivity index (χ0v) is 13.7. The highest BCUT2D eigenvalue weighted by Gasteiger charge is 2.20. The third-order valence-corrected chi connectivity index (χ3v) is 4.93. The van der Waals surface area contributed by atoms with Crippen molar-refractivity contribution < 1.29 is 13.7 Å². The number of benzene rings is 1. The van der Waals surface area contributed by atoms with Gasteiger partial charge in [-0.25, -0.2) is 0 Å². The van der Waals surface area contributed by atoms with E-state index in [0.717, 1.165) is 24.3 Å². The lowest BCUT2D eigenvalue weighted by Gasteiger charge is -2.11. The Balaban J connectivity index is 1.93. The van der Waals surface area contributed by atoms with Crippen LogP contribution in [0.5, 0.6) is 5.75 Å². The summed E-state index contributed by atoms with van der Waals surface area (Å²) in [6, 6.07) is 6.86. The first-order chi connectivity index (χ1) is 10.2. The van der Waals surface area contributed by atoms with Crippen molar-refractivity contribution in [2.45, 2.75) is 37.6 Å². The van der Waals surface area contributed by atoms with E-state index in [1.54, 1.807) is 14.2 Å². The molecule has 0 aliphatic heterocycles. The second-order valence-corrected chi connectivity index (χ2v) is 7.01. The van der Waals surface area contributed by atoms with Gasteiger partial charge in [0.05, 0.1) is 12.9 Å². The minimum Gasteiger partial charge on any atom is -0.496 e. The molecule has 1 aliphatic carbocycles. The van der Waals surface area contributed by atoms with Crippen LogP contribution in [0.2, 0.25) is 0 Å². The van der Waals surface area contributed by atoms with Gasteiger partial charge >= 0.3 is 0 Å². The molecule has 0 bridgehead atoms. The van der Waals surface area contributed by atoms with Crippen LogP contribution in [0.4, 0.5) is 0 Å². The molecular weight excluding hydrogens is 286 g/mol. The maximum absolute atomic E-state index is 12.1. The van der Waals surface area contributed by atoms with Crippen molar-refractivity contribution in [1.82, 2.24) is 5.32 Å². The van der Waals surface area contributed by atoms with E-state index in [-0.39, 0.29) is 0 Å². The van der Waals surface area contributed by atoms with E-state index in [1.165, 1.54) is 18.4 Å². The molecule has 0 aromatic heterocycles. The molecule has 0 radical (unpaired) electrons. The lowest BCUT2D eigenvalue weighted by Crippen LogP contribution is -2.15. The Kier molecular flexibility index (Phi) is 6.67. The summed E-state index contributed by atoms with van der Waals surface area (Å²) >= 11 is 0. The summed E-state index contributed by atoms with van der Waals surface area (Å²) in [5, 5.41) is 3.50. The second kappa shape index (κ2) is 8.51. The summed E-state index contributed by atoms with van der Waals surface area (Å²) in [6.07, 6.45) is 3.40. The van der Waals surface area contributed by atoms with Gasteiger partial charge in [-0.15, -0.1) is 0 Å². The van der Waals surface area contributed by atoms with Crippen molar-refractivity contribution in [2.75, 3.05) is 26.6 Å². The molecule has 118 valence electrons. The highest BCUT2D eigenvalue weighted by Crippen LogP contribution is 2.23. The van der Waals surface area contributed by atoms with Crippen molar-refractivity contribution in [1.29, 1.82) is 0 Å². The van der Waals surface area contributed by atoms with Gasteiger partial charge in [-0.2, -0.15) is 0 Å². The van der Waals surface area contributed by atoms with Crippen LogP contribution in [-0.4, -0.2) is 36.8 Å². The van der Waals surface area contributed by atoms with Crippen LogP contribution in [-0.2, 0) is 27.8 Å². The first kappa shape index (κ1) is 16.5. The third kappa shape index (κ3) is 5.77. The van der Waals surface area contributed by atoms with Crippen LogP contribution >= 0.6 is 0 Å². The molecular formula is C16H25NO3S. The standard InChI is InChI=1S/C16H25NO3S/c1-19-8-3-9-21(18)12-14-10-13(4-7-16(14)20-2)11-17-15-5-6-15/h4,7,10,15,17H,3,5-6,8-9,11-12H2,1-2H3. The summed E-state index contributed by atoms with van der Waals surface area (Å²) in [5.74, 6) is 2.04. The lowest BCUT2D eigenvalue weighted by atomic mass is 10.1. The number of hydrogen-bond donors (Lipinski definition) is 1. The normalized spacial score (nSPS) is 15.9. The van der Waals surface area contributed by atoms with Gasteiger partial charge in [0.2, 0.25) is 0 Å². The number of nitrogens with one attached hydrogen (secondary N) is 1. The predicted octanol–water partition coefficient (Wildman–Crippen LogP) is 2.23. The second-order valence-electron chi connectivity index (χ2n) is 5.44. The number of hydrogen-bond acceptors (Lipinski definition) is 4. The van der Waals surface area contributed by atoms with Crippen LogP contribution in [0.15, 0.2) is 18.2 Å². The molecule has 0 heterocycles. The number of methoxy groups -OCH3 is 2. The SMILES string of the molecule is COCCCS(=O)Cc1cc(CNC2CC2)ccc1OC. The Bertz CT molecular complexity index is 475. The Labute approximate surface area is 129 Å².